The van der Waals surface area contributed by atoms with E-state index in [0.29, 0.717) is 31.4 Å². The molecule has 0 aliphatic carbocycles. The van der Waals surface area contributed by atoms with Crippen molar-refractivity contribution in [3.05, 3.63) is 82.5 Å². The van der Waals surface area contributed by atoms with Crippen LogP contribution in [0, 0.1) is 10.1 Å². The molecule has 0 saturated heterocycles. The molecule has 0 bridgehead atoms. The zero-order valence-electron chi connectivity index (χ0n) is 16.7. The number of aromatic nitrogens is 4. The third-order valence-corrected chi connectivity index (χ3v) is 4.52. The van der Waals surface area contributed by atoms with Crippen LogP contribution >= 0.6 is 0 Å². The predicted octanol–water partition coefficient (Wildman–Crippen LogP) is 3.67. The van der Waals surface area contributed by atoms with Crippen LogP contribution < -0.4 is 9.47 Å². The highest BCUT2D eigenvalue weighted by Crippen LogP contribution is 2.21. The molecule has 0 N–H and O–H groups in total. The summed E-state index contributed by atoms with van der Waals surface area (Å²) in [5, 5.41) is 22.8. The van der Waals surface area contributed by atoms with E-state index >= 15 is 0 Å². The van der Waals surface area contributed by atoms with Crippen LogP contribution in [0.3, 0.4) is 0 Å². The van der Waals surface area contributed by atoms with E-state index in [1.165, 1.54) is 17.1 Å². The molecule has 0 aliphatic rings. The van der Waals surface area contributed by atoms with Crippen LogP contribution in [0.5, 0.6) is 11.5 Å². The maximum atomic E-state index is 10.7. The number of rotatable bonds is 9. The number of nitro groups is 1. The number of nitrogens with zero attached hydrogens (tertiary/aromatic N) is 5. The molecule has 0 unspecified atom stereocenters. The Bertz CT molecular complexity index is 1150. The van der Waals surface area contributed by atoms with Gasteiger partial charge in [-0.2, -0.15) is 5.10 Å². The van der Waals surface area contributed by atoms with Crippen LogP contribution in [0.15, 0.2) is 65.3 Å². The molecule has 0 spiro atoms. The van der Waals surface area contributed by atoms with Crippen molar-refractivity contribution in [1.82, 2.24) is 20.0 Å². The monoisotopic (exact) mass is 421 g/mol. The summed E-state index contributed by atoms with van der Waals surface area (Å²) in [6, 6.07) is 15.1. The SMILES string of the molecule is COc1ccc(OCc2ccc(-c3nnc(CCn4cc([N+](=O)[O-])cn4)o3)cc2)cc1. The predicted molar refractivity (Wildman–Crippen MR) is 110 cm³/mol. The fourth-order valence-electron chi connectivity index (χ4n) is 2.83. The topological polar surface area (TPSA) is 118 Å². The van der Waals surface area contributed by atoms with Crippen LogP contribution in [0.25, 0.3) is 11.5 Å². The minimum Gasteiger partial charge on any atom is -0.497 e. The number of benzene rings is 2. The zero-order valence-corrected chi connectivity index (χ0v) is 16.7. The first kappa shape index (κ1) is 20.1. The first-order chi connectivity index (χ1) is 15.1. The van der Waals surface area contributed by atoms with Crippen molar-refractivity contribution < 1.29 is 18.8 Å². The summed E-state index contributed by atoms with van der Waals surface area (Å²) in [6.45, 7) is 0.828. The Morgan fingerprint density at radius 3 is 2.48 bits per heavy atom. The van der Waals surface area contributed by atoms with Crippen molar-refractivity contribution in [1.29, 1.82) is 0 Å². The molecular weight excluding hydrogens is 402 g/mol. The Balaban J connectivity index is 1.32. The van der Waals surface area contributed by atoms with Crippen LogP contribution in [-0.4, -0.2) is 32.0 Å². The number of aryl methyl sites for hydroxylation is 2. The second-order valence-corrected chi connectivity index (χ2v) is 6.63. The molecule has 158 valence electrons. The van der Waals surface area contributed by atoms with Crippen molar-refractivity contribution >= 4 is 5.69 Å². The van der Waals surface area contributed by atoms with Crippen LogP contribution in [-0.2, 0) is 19.6 Å². The molecule has 0 saturated carbocycles. The molecule has 0 aliphatic heterocycles. The van der Waals surface area contributed by atoms with Gasteiger partial charge in [0.2, 0.25) is 11.8 Å². The first-order valence-corrected chi connectivity index (χ1v) is 9.46. The molecule has 4 aromatic rings. The summed E-state index contributed by atoms with van der Waals surface area (Å²) in [4.78, 5) is 10.2. The highest BCUT2D eigenvalue weighted by atomic mass is 16.6. The molecular formula is C21H19N5O5. The molecule has 0 fully saturated rings. The van der Waals surface area contributed by atoms with Gasteiger partial charge in [-0.05, 0) is 42.0 Å². The largest absolute Gasteiger partial charge is 0.497 e. The van der Waals surface area contributed by atoms with Gasteiger partial charge in [-0.3, -0.25) is 14.8 Å². The van der Waals surface area contributed by atoms with E-state index in [9.17, 15) is 10.1 Å². The zero-order chi connectivity index (χ0) is 21.6. The molecule has 4 rings (SSSR count). The molecule has 0 atom stereocenters. The molecule has 10 heteroatoms. The van der Waals surface area contributed by atoms with E-state index < -0.39 is 4.92 Å². The number of hydrogen-bond acceptors (Lipinski definition) is 8. The lowest BCUT2D eigenvalue weighted by Crippen LogP contribution is -2.01. The maximum absolute atomic E-state index is 10.7. The first-order valence-electron chi connectivity index (χ1n) is 9.46. The Hall–Kier alpha value is -4.21. The van der Waals surface area contributed by atoms with Gasteiger partial charge in [0.1, 0.15) is 30.5 Å². The summed E-state index contributed by atoms with van der Waals surface area (Å²) in [7, 11) is 1.62. The Kier molecular flexibility index (Phi) is 5.88. The van der Waals surface area contributed by atoms with Crippen LogP contribution in [0.4, 0.5) is 5.69 Å². The van der Waals surface area contributed by atoms with Gasteiger partial charge in [-0.25, -0.2) is 0 Å². The molecule has 0 radical (unpaired) electrons. The Labute approximate surface area is 177 Å². The van der Waals surface area contributed by atoms with E-state index in [4.69, 9.17) is 13.9 Å². The second kappa shape index (κ2) is 9.08. The van der Waals surface area contributed by atoms with Crippen LogP contribution in [0.1, 0.15) is 11.5 Å². The molecule has 2 aromatic carbocycles. The average Bonchev–Trinajstić information content (AvgIpc) is 3.47. The highest BCUT2D eigenvalue weighted by Gasteiger charge is 2.12. The van der Waals surface area contributed by atoms with Gasteiger partial charge in [-0.15, -0.1) is 10.2 Å². The summed E-state index contributed by atoms with van der Waals surface area (Å²) in [5.41, 5.74) is 1.74. The third-order valence-electron chi connectivity index (χ3n) is 4.52. The minimum atomic E-state index is -0.486. The second-order valence-electron chi connectivity index (χ2n) is 6.63. The lowest BCUT2D eigenvalue weighted by molar-refractivity contribution is -0.385. The van der Waals surface area contributed by atoms with Crippen molar-refractivity contribution in [3.63, 3.8) is 0 Å². The van der Waals surface area contributed by atoms with Gasteiger partial charge >= 0.3 is 5.69 Å². The summed E-state index contributed by atoms with van der Waals surface area (Å²) in [6.07, 6.45) is 2.99. The summed E-state index contributed by atoms with van der Waals surface area (Å²) in [5.74, 6) is 2.37. The lowest BCUT2D eigenvalue weighted by Gasteiger charge is -2.07. The van der Waals surface area contributed by atoms with Gasteiger partial charge in [0.05, 0.1) is 12.0 Å². The lowest BCUT2D eigenvalue weighted by atomic mass is 10.1. The maximum Gasteiger partial charge on any atom is 0.306 e. The average molecular weight is 421 g/mol. The van der Waals surface area contributed by atoms with Gasteiger partial charge in [0.25, 0.3) is 0 Å². The van der Waals surface area contributed by atoms with Crippen molar-refractivity contribution in [2.75, 3.05) is 7.11 Å². The van der Waals surface area contributed by atoms with Crippen LogP contribution in [0.2, 0.25) is 0 Å². The van der Waals surface area contributed by atoms with Gasteiger partial charge in [0, 0.05) is 18.5 Å². The van der Waals surface area contributed by atoms with E-state index in [2.05, 4.69) is 15.3 Å². The van der Waals surface area contributed by atoms with Crippen molar-refractivity contribution in [2.24, 2.45) is 0 Å². The fourth-order valence-corrected chi connectivity index (χ4v) is 2.83. The normalized spacial score (nSPS) is 10.7. The molecule has 2 aromatic heterocycles. The molecule has 31 heavy (non-hydrogen) atoms. The number of methoxy groups -OCH3 is 1. The standard InChI is InChI=1S/C21H19N5O5/c1-29-18-6-8-19(9-7-18)30-14-15-2-4-16(5-3-15)21-24-23-20(31-21)10-11-25-13-17(12-22-25)26(27)28/h2-9,12-13H,10-11,14H2,1H3. The van der Waals surface area contributed by atoms with Gasteiger partial charge in [0.15, 0.2) is 0 Å². The van der Waals surface area contributed by atoms with E-state index in [1.807, 2.05) is 48.5 Å². The van der Waals surface area contributed by atoms with E-state index in [0.717, 1.165) is 22.6 Å². The molecule has 0 amide bonds. The number of hydrogen-bond donors (Lipinski definition) is 0. The Morgan fingerprint density at radius 2 is 1.81 bits per heavy atom. The third kappa shape index (κ3) is 5.04. The summed E-state index contributed by atoms with van der Waals surface area (Å²) >= 11 is 0. The van der Waals surface area contributed by atoms with Gasteiger partial charge < -0.3 is 13.9 Å². The minimum absolute atomic E-state index is 0.0534. The fraction of sp³-hybridized carbons (Fsp3) is 0.190. The quantitative estimate of drug-likeness (QED) is 0.297. The Morgan fingerprint density at radius 1 is 1.06 bits per heavy atom. The van der Waals surface area contributed by atoms with Gasteiger partial charge in [-0.1, -0.05) is 12.1 Å². The number of ether oxygens (including phenoxy) is 2. The van der Waals surface area contributed by atoms with Crippen molar-refractivity contribution in [3.8, 4) is 23.0 Å². The summed E-state index contributed by atoms with van der Waals surface area (Å²) < 4.78 is 18.1. The van der Waals surface area contributed by atoms with Crippen molar-refractivity contribution in [2.45, 2.75) is 19.6 Å². The molecule has 2 heterocycles. The highest BCUT2D eigenvalue weighted by molar-refractivity contribution is 5.53. The van der Waals surface area contributed by atoms with E-state index in [1.54, 1.807) is 7.11 Å². The molecule has 10 nitrogen and oxygen atoms in total. The van der Waals surface area contributed by atoms with E-state index in [-0.39, 0.29) is 5.69 Å². The smallest absolute Gasteiger partial charge is 0.306 e.